The maximum Gasteiger partial charge on any atom is 0.312 e. The Morgan fingerprint density at radius 3 is 2.53 bits per heavy atom. The van der Waals surface area contributed by atoms with Gasteiger partial charge in [-0.25, -0.2) is 0 Å². The minimum absolute atomic E-state index is 0.0212. The zero-order chi connectivity index (χ0) is 11.6. The van der Waals surface area contributed by atoms with Crippen LogP contribution >= 0.6 is 22.6 Å². The molecule has 0 aliphatic heterocycles. The van der Waals surface area contributed by atoms with E-state index in [4.69, 9.17) is 4.74 Å². The molecule has 1 rings (SSSR count). The predicted octanol–water partition coefficient (Wildman–Crippen LogP) is 2.41. The van der Waals surface area contributed by atoms with Crippen molar-refractivity contribution in [2.45, 2.75) is 6.92 Å². The molecule has 6 heteroatoms. The molecule has 0 bridgehead atoms. The second kappa shape index (κ2) is 4.56. The van der Waals surface area contributed by atoms with E-state index in [2.05, 4.69) is 0 Å². The SMILES string of the molecule is COc1c(C(C)=O)cc(I)cc1[N+](=O)[O-]. The van der Waals surface area contributed by atoms with Gasteiger partial charge in [0.05, 0.1) is 17.6 Å². The zero-order valence-electron chi connectivity index (χ0n) is 8.11. The van der Waals surface area contributed by atoms with Crippen molar-refractivity contribution >= 4 is 34.1 Å². The van der Waals surface area contributed by atoms with Crippen molar-refractivity contribution in [1.82, 2.24) is 0 Å². The molecule has 1 aromatic carbocycles. The van der Waals surface area contributed by atoms with Crippen LogP contribution in [0.5, 0.6) is 5.75 Å². The Kier molecular flexibility index (Phi) is 3.61. The van der Waals surface area contributed by atoms with E-state index in [1.54, 1.807) is 6.07 Å². The first-order chi connectivity index (χ1) is 6.97. The van der Waals surface area contributed by atoms with E-state index in [0.29, 0.717) is 3.57 Å². The number of benzene rings is 1. The quantitative estimate of drug-likeness (QED) is 0.371. The fourth-order valence-corrected chi connectivity index (χ4v) is 1.80. The number of halogens is 1. The summed E-state index contributed by atoms with van der Waals surface area (Å²) in [5.41, 5.74) is 0.0469. The number of hydrogen-bond acceptors (Lipinski definition) is 4. The zero-order valence-corrected chi connectivity index (χ0v) is 10.3. The van der Waals surface area contributed by atoms with Gasteiger partial charge < -0.3 is 4.74 Å². The van der Waals surface area contributed by atoms with Crippen LogP contribution < -0.4 is 4.74 Å². The number of ether oxygens (including phenoxy) is 1. The van der Waals surface area contributed by atoms with Gasteiger partial charge in [-0.2, -0.15) is 0 Å². The molecule has 0 aromatic heterocycles. The standard InChI is InChI=1S/C9H8INO4/c1-5(12)7-3-6(10)4-8(11(13)14)9(7)15-2/h3-4H,1-2H3. The van der Waals surface area contributed by atoms with Crippen LogP contribution in [0, 0.1) is 13.7 Å². The van der Waals surface area contributed by atoms with Gasteiger partial charge in [0.25, 0.3) is 0 Å². The number of carbonyl (C=O) groups excluding carboxylic acids is 1. The molecule has 80 valence electrons. The van der Waals surface area contributed by atoms with Crippen LogP contribution in [0.4, 0.5) is 5.69 Å². The molecule has 0 atom stereocenters. The molecule has 0 saturated carbocycles. The topological polar surface area (TPSA) is 69.4 Å². The highest BCUT2D eigenvalue weighted by Gasteiger charge is 2.22. The molecular weight excluding hydrogens is 313 g/mol. The van der Waals surface area contributed by atoms with E-state index in [0.717, 1.165) is 0 Å². The fraction of sp³-hybridized carbons (Fsp3) is 0.222. The Hall–Kier alpha value is -1.18. The lowest BCUT2D eigenvalue weighted by Crippen LogP contribution is -2.02. The molecule has 0 saturated heterocycles. The summed E-state index contributed by atoms with van der Waals surface area (Å²) in [4.78, 5) is 21.4. The van der Waals surface area contributed by atoms with Crippen LogP contribution in [0.15, 0.2) is 12.1 Å². The Morgan fingerprint density at radius 2 is 2.13 bits per heavy atom. The van der Waals surface area contributed by atoms with Gasteiger partial charge in [0.15, 0.2) is 5.78 Å². The summed E-state index contributed by atoms with van der Waals surface area (Å²) >= 11 is 1.92. The third-order valence-electron chi connectivity index (χ3n) is 1.81. The van der Waals surface area contributed by atoms with Gasteiger partial charge in [-0.15, -0.1) is 0 Å². The Morgan fingerprint density at radius 1 is 1.53 bits per heavy atom. The fourth-order valence-electron chi connectivity index (χ4n) is 1.19. The summed E-state index contributed by atoms with van der Waals surface area (Å²) in [7, 11) is 1.31. The molecule has 0 fully saturated rings. The minimum atomic E-state index is -0.562. The van der Waals surface area contributed by atoms with Crippen LogP contribution in [0.2, 0.25) is 0 Å². The van der Waals surface area contributed by atoms with E-state index in [9.17, 15) is 14.9 Å². The number of methoxy groups -OCH3 is 1. The van der Waals surface area contributed by atoms with E-state index in [-0.39, 0.29) is 22.8 Å². The second-order valence-electron chi connectivity index (χ2n) is 2.82. The molecule has 0 spiro atoms. The average molecular weight is 321 g/mol. The molecule has 0 aliphatic carbocycles. The van der Waals surface area contributed by atoms with Gasteiger partial charge in [0, 0.05) is 9.64 Å². The largest absolute Gasteiger partial charge is 0.490 e. The van der Waals surface area contributed by atoms with Crippen molar-refractivity contribution in [1.29, 1.82) is 0 Å². The number of rotatable bonds is 3. The van der Waals surface area contributed by atoms with E-state index in [1.165, 1.54) is 20.1 Å². The van der Waals surface area contributed by atoms with Crippen molar-refractivity contribution < 1.29 is 14.5 Å². The summed E-state index contributed by atoms with van der Waals surface area (Å²) < 4.78 is 5.52. The maximum absolute atomic E-state index is 11.2. The highest BCUT2D eigenvalue weighted by atomic mass is 127. The molecule has 0 aliphatic rings. The Bertz CT molecular complexity index is 395. The highest BCUT2D eigenvalue weighted by molar-refractivity contribution is 14.1. The van der Waals surface area contributed by atoms with Gasteiger partial charge in [-0.05, 0) is 35.6 Å². The predicted molar refractivity (Wildman–Crippen MR) is 62.4 cm³/mol. The molecule has 5 nitrogen and oxygen atoms in total. The molecular formula is C9H8INO4. The second-order valence-corrected chi connectivity index (χ2v) is 4.06. The highest BCUT2D eigenvalue weighted by Crippen LogP contribution is 2.33. The summed E-state index contributed by atoms with van der Waals surface area (Å²) in [6.07, 6.45) is 0. The molecule has 0 heterocycles. The number of Topliss-reactive ketones (excluding diaryl/α,β-unsaturated/α-hetero) is 1. The third kappa shape index (κ3) is 2.44. The van der Waals surface area contributed by atoms with Gasteiger partial charge in [-0.3, -0.25) is 14.9 Å². The number of nitro benzene ring substituents is 1. The molecule has 0 N–H and O–H groups in total. The van der Waals surface area contributed by atoms with Crippen LogP contribution in [0.25, 0.3) is 0 Å². The van der Waals surface area contributed by atoms with Crippen molar-refractivity contribution in [2.24, 2.45) is 0 Å². The van der Waals surface area contributed by atoms with Crippen molar-refractivity contribution in [3.05, 3.63) is 31.4 Å². The van der Waals surface area contributed by atoms with Gasteiger partial charge in [0.1, 0.15) is 0 Å². The van der Waals surface area contributed by atoms with Crippen LogP contribution in [-0.2, 0) is 0 Å². The third-order valence-corrected chi connectivity index (χ3v) is 2.44. The summed E-state index contributed by atoms with van der Waals surface area (Å²) in [5.74, 6) is -0.235. The van der Waals surface area contributed by atoms with Crippen LogP contribution in [0.3, 0.4) is 0 Å². The summed E-state index contributed by atoms with van der Waals surface area (Å²) in [5, 5.41) is 10.7. The lowest BCUT2D eigenvalue weighted by Gasteiger charge is -2.06. The Labute approximate surface area is 99.7 Å². The first kappa shape index (κ1) is 11.9. The molecule has 0 amide bonds. The normalized spacial score (nSPS) is 9.80. The molecule has 0 unspecified atom stereocenters. The Balaban J connectivity index is 3.52. The van der Waals surface area contributed by atoms with Crippen LogP contribution in [0.1, 0.15) is 17.3 Å². The van der Waals surface area contributed by atoms with E-state index < -0.39 is 4.92 Å². The smallest absolute Gasteiger partial charge is 0.312 e. The maximum atomic E-state index is 11.2. The van der Waals surface area contributed by atoms with Gasteiger partial charge in [-0.1, -0.05) is 0 Å². The van der Waals surface area contributed by atoms with Gasteiger partial charge in [0.2, 0.25) is 5.75 Å². The number of carbonyl (C=O) groups is 1. The molecule has 0 radical (unpaired) electrons. The summed E-state index contributed by atoms with van der Waals surface area (Å²) in [6, 6.07) is 2.93. The molecule has 15 heavy (non-hydrogen) atoms. The number of hydrogen-bond donors (Lipinski definition) is 0. The molecule has 1 aromatic rings. The summed E-state index contributed by atoms with van der Waals surface area (Å²) in [6.45, 7) is 1.34. The van der Waals surface area contributed by atoms with Crippen molar-refractivity contribution in [3.63, 3.8) is 0 Å². The van der Waals surface area contributed by atoms with E-state index >= 15 is 0 Å². The monoisotopic (exact) mass is 321 g/mol. The number of ketones is 1. The lowest BCUT2D eigenvalue weighted by atomic mass is 10.1. The first-order valence-corrected chi connectivity index (χ1v) is 5.08. The lowest BCUT2D eigenvalue weighted by molar-refractivity contribution is -0.385. The van der Waals surface area contributed by atoms with E-state index in [1.807, 2.05) is 22.6 Å². The number of nitrogens with zero attached hydrogens (tertiary/aromatic N) is 1. The van der Waals surface area contributed by atoms with Crippen molar-refractivity contribution in [3.8, 4) is 5.75 Å². The van der Waals surface area contributed by atoms with Gasteiger partial charge >= 0.3 is 5.69 Å². The van der Waals surface area contributed by atoms with Crippen molar-refractivity contribution in [2.75, 3.05) is 7.11 Å². The minimum Gasteiger partial charge on any atom is -0.490 e. The van der Waals surface area contributed by atoms with Crippen LogP contribution in [-0.4, -0.2) is 17.8 Å². The first-order valence-electron chi connectivity index (χ1n) is 4.00. The number of nitro groups is 1. The average Bonchev–Trinajstić information content (AvgIpc) is 2.16.